The molecule has 0 amide bonds. The van der Waals surface area contributed by atoms with Crippen molar-refractivity contribution in [1.82, 2.24) is 0 Å². The summed E-state index contributed by atoms with van der Waals surface area (Å²) in [5, 5.41) is 0. The van der Waals surface area contributed by atoms with Crippen LogP contribution in [0.3, 0.4) is 0 Å². The number of ether oxygens (including phenoxy) is 1. The fourth-order valence-corrected chi connectivity index (χ4v) is 2.65. The molecule has 0 fully saturated rings. The quantitative estimate of drug-likeness (QED) is 0.760. The second-order valence-electron chi connectivity index (χ2n) is 3.33. The molecule has 0 aliphatic carbocycles. The Hall–Kier alpha value is -0.610. The van der Waals surface area contributed by atoms with Crippen LogP contribution in [0.2, 0.25) is 0 Å². The molecule has 0 aliphatic heterocycles. The van der Waals surface area contributed by atoms with Crippen LogP contribution in [0, 0.1) is 0 Å². The maximum absolute atomic E-state index is 11.1. The van der Waals surface area contributed by atoms with E-state index in [0.717, 1.165) is 10.2 Å². The molecule has 0 spiro atoms. The minimum absolute atomic E-state index is 0.126. The lowest BCUT2D eigenvalue weighted by atomic mass is 10.2. The Labute approximate surface area is 108 Å². The summed E-state index contributed by atoms with van der Waals surface area (Å²) in [5.74, 6) is -0.126. The first-order valence-electron chi connectivity index (χ1n) is 5.21. The van der Waals surface area contributed by atoms with Gasteiger partial charge in [0.05, 0.1) is 10.4 Å². The minimum Gasteiger partial charge on any atom is -0.466 e. The number of carbonyl (C=O) groups excluding carboxylic acids is 1. The van der Waals surface area contributed by atoms with Crippen LogP contribution in [-0.2, 0) is 9.53 Å². The third-order valence-electron chi connectivity index (χ3n) is 2.07. The smallest absolute Gasteiger partial charge is 0.306 e. The Balaban J connectivity index is 2.43. The second-order valence-corrected chi connectivity index (χ2v) is 5.80. The minimum atomic E-state index is -0.126. The lowest BCUT2D eigenvalue weighted by molar-refractivity contribution is -0.142. The molecule has 4 heteroatoms. The molecule has 0 atom stereocenters. The molecule has 0 N–H and O–H groups in total. The summed E-state index contributed by atoms with van der Waals surface area (Å²) in [6, 6.07) is 4.10. The summed E-state index contributed by atoms with van der Waals surface area (Å²) in [7, 11) is 0. The van der Waals surface area contributed by atoms with Gasteiger partial charge >= 0.3 is 5.97 Å². The van der Waals surface area contributed by atoms with Gasteiger partial charge in [-0.05, 0) is 53.9 Å². The third kappa shape index (κ3) is 4.49. The van der Waals surface area contributed by atoms with Gasteiger partial charge < -0.3 is 4.74 Å². The maximum atomic E-state index is 11.1. The number of hydrogen-bond donors (Lipinski definition) is 0. The zero-order valence-corrected chi connectivity index (χ0v) is 11.9. The highest BCUT2D eigenvalue weighted by Crippen LogP contribution is 2.27. The van der Waals surface area contributed by atoms with Gasteiger partial charge in [-0.1, -0.05) is 6.08 Å². The standard InChI is InChI=1S/C12H15BrO2S/c1-3-15-12(14)6-4-5-9(2)10-7-8-11(13)16-10/h5,7-8H,3-4,6H2,1-2H3. The number of halogens is 1. The molecular weight excluding hydrogens is 288 g/mol. The molecule has 16 heavy (non-hydrogen) atoms. The normalized spacial score (nSPS) is 11.6. The zero-order valence-electron chi connectivity index (χ0n) is 9.46. The molecule has 0 bridgehead atoms. The summed E-state index contributed by atoms with van der Waals surface area (Å²) < 4.78 is 5.99. The molecule has 1 aromatic rings. The van der Waals surface area contributed by atoms with E-state index in [1.54, 1.807) is 11.3 Å². The molecule has 0 saturated heterocycles. The molecule has 0 saturated carbocycles. The van der Waals surface area contributed by atoms with Crippen LogP contribution < -0.4 is 0 Å². The monoisotopic (exact) mass is 302 g/mol. The van der Waals surface area contributed by atoms with E-state index >= 15 is 0 Å². The van der Waals surface area contributed by atoms with Crippen molar-refractivity contribution in [3.63, 3.8) is 0 Å². The zero-order chi connectivity index (χ0) is 12.0. The van der Waals surface area contributed by atoms with E-state index in [9.17, 15) is 4.79 Å². The van der Waals surface area contributed by atoms with E-state index in [1.165, 1.54) is 10.5 Å². The van der Waals surface area contributed by atoms with Gasteiger partial charge in [0.15, 0.2) is 0 Å². The predicted octanol–water partition coefficient (Wildman–Crippen LogP) is 4.26. The summed E-state index contributed by atoms with van der Waals surface area (Å²) in [6.45, 7) is 4.34. The highest BCUT2D eigenvalue weighted by molar-refractivity contribution is 9.11. The van der Waals surface area contributed by atoms with Crippen LogP contribution in [0.4, 0.5) is 0 Å². The van der Waals surface area contributed by atoms with Crippen LogP contribution in [-0.4, -0.2) is 12.6 Å². The largest absolute Gasteiger partial charge is 0.466 e. The number of rotatable bonds is 5. The fraction of sp³-hybridized carbons (Fsp3) is 0.417. The molecule has 1 heterocycles. The first-order chi connectivity index (χ1) is 7.63. The van der Waals surface area contributed by atoms with Gasteiger partial charge in [0, 0.05) is 11.3 Å². The van der Waals surface area contributed by atoms with Gasteiger partial charge in [0.2, 0.25) is 0 Å². The average molecular weight is 303 g/mol. The van der Waals surface area contributed by atoms with E-state index < -0.39 is 0 Å². The number of carbonyl (C=O) groups is 1. The topological polar surface area (TPSA) is 26.3 Å². The lowest BCUT2D eigenvalue weighted by Crippen LogP contribution is -2.02. The van der Waals surface area contributed by atoms with E-state index in [4.69, 9.17) is 4.74 Å². The fourth-order valence-electron chi connectivity index (χ4n) is 1.27. The Bertz CT molecular complexity index is 382. The van der Waals surface area contributed by atoms with Crippen LogP contribution in [0.1, 0.15) is 31.6 Å². The lowest BCUT2D eigenvalue weighted by Gasteiger charge is -1.99. The summed E-state index contributed by atoms with van der Waals surface area (Å²) in [4.78, 5) is 12.3. The highest BCUT2D eigenvalue weighted by Gasteiger charge is 2.02. The van der Waals surface area contributed by atoms with Crippen molar-refractivity contribution in [3.8, 4) is 0 Å². The van der Waals surface area contributed by atoms with Crippen LogP contribution in [0.5, 0.6) is 0 Å². The molecule has 0 aliphatic rings. The number of thiophene rings is 1. The number of esters is 1. The molecule has 2 nitrogen and oxygen atoms in total. The predicted molar refractivity (Wildman–Crippen MR) is 71.5 cm³/mol. The van der Waals surface area contributed by atoms with Crippen molar-refractivity contribution >= 4 is 38.8 Å². The second kappa shape index (κ2) is 6.86. The van der Waals surface area contributed by atoms with Crippen molar-refractivity contribution in [2.45, 2.75) is 26.7 Å². The Morgan fingerprint density at radius 1 is 1.56 bits per heavy atom. The van der Waals surface area contributed by atoms with E-state index in [1.807, 2.05) is 13.0 Å². The van der Waals surface area contributed by atoms with Gasteiger partial charge in [-0.2, -0.15) is 0 Å². The maximum Gasteiger partial charge on any atom is 0.306 e. The molecular formula is C12H15BrO2S. The van der Waals surface area contributed by atoms with E-state index in [2.05, 4.69) is 35.0 Å². The molecule has 0 unspecified atom stereocenters. The summed E-state index contributed by atoms with van der Waals surface area (Å²) >= 11 is 5.13. The highest BCUT2D eigenvalue weighted by atomic mass is 79.9. The van der Waals surface area contributed by atoms with Crippen LogP contribution >= 0.6 is 27.3 Å². The van der Waals surface area contributed by atoms with Crippen molar-refractivity contribution in [3.05, 3.63) is 26.9 Å². The van der Waals surface area contributed by atoms with E-state index in [0.29, 0.717) is 13.0 Å². The van der Waals surface area contributed by atoms with E-state index in [-0.39, 0.29) is 5.97 Å². The van der Waals surface area contributed by atoms with Crippen LogP contribution in [0.15, 0.2) is 22.0 Å². The molecule has 88 valence electrons. The van der Waals surface area contributed by atoms with Gasteiger partial charge in [-0.15, -0.1) is 11.3 Å². The van der Waals surface area contributed by atoms with Gasteiger partial charge in [0.25, 0.3) is 0 Å². The van der Waals surface area contributed by atoms with Crippen molar-refractivity contribution in [2.75, 3.05) is 6.61 Å². The van der Waals surface area contributed by atoms with Crippen molar-refractivity contribution in [2.24, 2.45) is 0 Å². The summed E-state index contributed by atoms with van der Waals surface area (Å²) in [6.07, 6.45) is 3.27. The molecule has 0 aromatic carbocycles. The Morgan fingerprint density at radius 3 is 2.88 bits per heavy atom. The van der Waals surface area contributed by atoms with Gasteiger partial charge in [0.1, 0.15) is 0 Å². The molecule has 0 radical (unpaired) electrons. The van der Waals surface area contributed by atoms with Gasteiger partial charge in [-0.3, -0.25) is 4.79 Å². The average Bonchev–Trinajstić information content (AvgIpc) is 2.65. The first-order valence-corrected chi connectivity index (χ1v) is 6.82. The SMILES string of the molecule is CCOC(=O)CCC=C(C)c1ccc(Br)s1. The molecule has 1 rings (SSSR count). The van der Waals surface area contributed by atoms with Crippen molar-refractivity contribution in [1.29, 1.82) is 0 Å². The van der Waals surface area contributed by atoms with Crippen molar-refractivity contribution < 1.29 is 9.53 Å². The number of hydrogen-bond acceptors (Lipinski definition) is 3. The molecule has 1 aromatic heterocycles. The van der Waals surface area contributed by atoms with Gasteiger partial charge in [-0.25, -0.2) is 0 Å². The number of allylic oxidation sites excluding steroid dienone is 2. The Kier molecular flexibility index (Phi) is 5.77. The summed E-state index contributed by atoms with van der Waals surface area (Å²) in [5.41, 5.74) is 1.21. The third-order valence-corrected chi connectivity index (χ3v) is 3.83. The Morgan fingerprint density at radius 2 is 2.31 bits per heavy atom. The first kappa shape index (κ1) is 13.5. The van der Waals surface area contributed by atoms with Crippen LogP contribution in [0.25, 0.3) is 5.57 Å².